The zero-order valence-electron chi connectivity index (χ0n) is 27.7. The molecule has 1 aromatic rings. The van der Waals surface area contributed by atoms with Gasteiger partial charge in [0.25, 0.3) is 0 Å². The molecule has 4 atom stereocenters. The smallest absolute Gasteiger partial charge is 0.409 e. The van der Waals surface area contributed by atoms with Crippen LogP contribution in [0.2, 0.25) is 25.7 Å². The van der Waals surface area contributed by atoms with E-state index in [2.05, 4.69) is 25.0 Å². The predicted octanol–water partition coefficient (Wildman–Crippen LogP) is 7.36. The molecule has 8 heteroatoms. The van der Waals surface area contributed by atoms with Crippen LogP contribution in [0, 0.1) is 17.8 Å². The summed E-state index contributed by atoms with van der Waals surface area (Å²) in [6.45, 7) is 8.42. The van der Waals surface area contributed by atoms with Crippen molar-refractivity contribution in [1.82, 2.24) is 10.2 Å². The van der Waals surface area contributed by atoms with Gasteiger partial charge in [-0.3, -0.25) is 4.79 Å². The Morgan fingerprint density at radius 2 is 1.74 bits per heavy atom. The van der Waals surface area contributed by atoms with Crippen LogP contribution in [0.25, 0.3) is 0 Å². The van der Waals surface area contributed by atoms with Gasteiger partial charge in [-0.1, -0.05) is 88.5 Å². The fourth-order valence-corrected chi connectivity index (χ4v) is 7.81. The van der Waals surface area contributed by atoms with Gasteiger partial charge in [0, 0.05) is 47.3 Å². The number of hydrogen-bond donors (Lipinski definition) is 2. The highest BCUT2D eigenvalue weighted by molar-refractivity contribution is 6.76. The molecule has 0 aliphatic heterocycles. The lowest BCUT2D eigenvalue weighted by atomic mass is 9.68. The second-order valence-electron chi connectivity index (χ2n) is 14.6. The Balaban J connectivity index is 1.67. The molecule has 244 valence electrons. The van der Waals surface area contributed by atoms with E-state index in [1.54, 1.807) is 19.1 Å². The van der Waals surface area contributed by atoms with Gasteiger partial charge in [0.2, 0.25) is 5.91 Å². The Labute approximate surface area is 262 Å². The number of likely N-dealkylation sites (N-methyl/N-ethyl adjacent to an activating group) is 1. The molecule has 2 aliphatic carbocycles. The van der Waals surface area contributed by atoms with Crippen molar-refractivity contribution in [2.24, 2.45) is 17.8 Å². The Morgan fingerprint density at radius 1 is 1.02 bits per heavy atom. The molecule has 0 aromatic heterocycles. The molecule has 2 fully saturated rings. The number of nitrogens with one attached hydrogen (secondary N) is 1. The summed E-state index contributed by atoms with van der Waals surface area (Å²) >= 11 is 0. The molecule has 0 bridgehead atoms. The average molecular weight is 617 g/mol. The van der Waals surface area contributed by atoms with E-state index in [4.69, 9.17) is 9.47 Å². The SMILES string of the molecule is COCCCC[C@@](O)(c1ccccc1)C1CCCC(C(=O)NC(CC2CCCCC2)CN(C)C(=O)OCC[Si](C)(C)C)C1. The Morgan fingerprint density at radius 3 is 2.42 bits per heavy atom. The minimum absolute atomic E-state index is 0.0164. The lowest BCUT2D eigenvalue weighted by Gasteiger charge is -2.41. The van der Waals surface area contributed by atoms with Crippen LogP contribution in [-0.2, 0) is 19.9 Å². The third kappa shape index (κ3) is 11.8. The predicted molar refractivity (Wildman–Crippen MR) is 177 cm³/mol. The molecule has 2 N–H and O–H groups in total. The van der Waals surface area contributed by atoms with Crippen molar-refractivity contribution in [3.05, 3.63) is 35.9 Å². The largest absolute Gasteiger partial charge is 0.450 e. The zero-order valence-corrected chi connectivity index (χ0v) is 28.7. The second-order valence-corrected chi connectivity index (χ2v) is 20.2. The van der Waals surface area contributed by atoms with Crippen molar-refractivity contribution in [3.8, 4) is 0 Å². The standard InChI is InChI=1S/C35H60N2O5Si/c1-37(34(39)42-23-24-43(3,4)5)27-32(25-28-15-8-6-9-16-28)36-33(38)29-17-14-20-31(26-29)35(40,21-12-13-22-41-2)30-18-10-7-11-19-30/h7,10-11,18-19,28-29,31-32,40H,6,8-9,12-17,20-27H2,1-5H3,(H,36,38)/t29?,31?,32?,35-/m1/s1. The first-order chi connectivity index (χ1) is 20.5. The number of rotatable bonds is 16. The number of methoxy groups -OCH3 is 1. The molecule has 43 heavy (non-hydrogen) atoms. The Kier molecular flexibility index (Phi) is 14.5. The highest BCUT2D eigenvalue weighted by atomic mass is 28.3. The number of carbonyl (C=O) groups is 2. The van der Waals surface area contributed by atoms with E-state index in [-0.39, 0.29) is 29.9 Å². The van der Waals surface area contributed by atoms with Crippen molar-refractivity contribution in [2.45, 2.75) is 121 Å². The normalized spacial score (nSPS) is 21.9. The molecular formula is C35H60N2O5Si. The number of aliphatic hydroxyl groups is 1. The summed E-state index contributed by atoms with van der Waals surface area (Å²) in [6.07, 6.45) is 12.5. The van der Waals surface area contributed by atoms with Gasteiger partial charge < -0.3 is 24.8 Å². The van der Waals surface area contributed by atoms with E-state index in [0.29, 0.717) is 38.5 Å². The second kappa shape index (κ2) is 17.5. The molecule has 3 rings (SSSR count). The highest BCUT2D eigenvalue weighted by Gasteiger charge is 2.42. The van der Waals surface area contributed by atoms with Crippen LogP contribution in [0.4, 0.5) is 4.79 Å². The summed E-state index contributed by atoms with van der Waals surface area (Å²) in [5.41, 5.74) is -0.0158. The molecule has 0 radical (unpaired) electrons. The maximum atomic E-state index is 13.9. The summed E-state index contributed by atoms with van der Waals surface area (Å²) in [7, 11) is 2.21. The number of nitrogens with zero attached hydrogens (tertiary/aromatic N) is 1. The molecule has 2 amide bonds. The van der Waals surface area contributed by atoms with Gasteiger partial charge in [0.1, 0.15) is 0 Å². The number of amides is 2. The van der Waals surface area contributed by atoms with Crippen LogP contribution >= 0.6 is 0 Å². The van der Waals surface area contributed by atoms with Crippen molar-refractivity contribution in [3.63, 3.8) is 0 Å². The summed E-state index contributed by atoms with van der Waals surface area (Å²) in [4.78, 5) is 28.3. The van der Waals surface area contributed by atoms with Crippen LogP contribution in [0.5, 0.6) is 0 Å². The van der Waals surface area contributed by atoms with E-state index >= 15 is 0 Å². The van der Waals surface area contributed by atoms with Gasteiger partial charge in [0.05, 0.1) is 12.2 Å². The van der Waals surface area contributed by atoms with Crippen molar-refractivity contribution in [1.29, 1.82) is 0 Å². The zero-order chi connectivity index (χ0) is 31.3. The van der Waals surface area contributed by atoms with Crippen LogP contribution in [0.15, 0.2) is 30.3 Å². The highest BCUT2D eigenvalue weighted by Crippen LogP contribution is 2.44. The van der Waals surface area contributed by atoms with Gasteiger partial charge in [0.15, 0.2) is 0 Å². The maximum Gasteiger partial charge on any atom is 0.409 e. The summed E-state index contributed by atoms with van der Waals surface area (Å²) < 4.78 is 10.9. The van der Waals surface area contributed by atoms with E-state index < -0.39 is 13.7 Å². The van der Waals surface area contributed by atoms with Crippen LogP contribution < -0.4 is 5.32 Å². The van der Waals surface area contributed by atoms with Crippen molar-refractivity contribution in [2.75, 3.05) is 33.9 Å². The quantitative estimate of drug-likeness (QED) is 0.150. The number of unbranched alkanes of at least 4 members (excludes halogenated alkanes) is 1. The lowest BCUT2D eigenvalue weighted by molar-refractivity contribution is -0.129. The van der Waals surface area contributed by atoms with Crippen molar-refractivity contribution < 1.29 is 24.2 Å². The Hall–Kier alpha value is -1.90. The molecular weight excluding hydrogens is 556 g/mol. The van der Waals surface area contributed by atoms with Gasteiger partial charge in [-0.25, -0.2) is 4.79 Å². The summed E-state index contributed by atoms with van der Waals surface area (Å²) in [5, 5.41) is 15.6. The van der Waals surface area contributed by atoms with Gasteiger partial charge in [-0.2, -0.15) is 0 Å². The fourth-order valence-electron chi connectivity index (χ4n) is 7.10. The third-order valence-corrected chi connectivity index (χ3v) is 11.4. The summed E-state index contributed by atoms with van der Waals surface area (Å²) in [5.74, 6) is 0.518. The molecule has 0 spiro atoms. The fraction of sp³-hybridized carbons (Fsp3) is 0.771. The first-order valence-electron chi connectivity index (χ1n) is 17.0. The first-order valence-corrected chi connectivity index (χ1v) is 20.7. The van der Waals surface area contributed by atoms with Gasteiger partial charge >= 0.3 is 6.09 Å². The molecule has 3 unspecified atom stereocenters. The Bertz CT molecular complexity index is 965. The van der Waals surface area contributed by atoms with Crippen LogP contribution in [0.3, 0.4) is 0 Å². The van der Waals surface area contributed by atoms with E-state index in [0.717, 1.165) is 50.1 Å². The molecule has 0 saturated heterocycles. The van der Waals surface area contributed by atoms with Gasteiger partial charge in [-0.15, -0.1) is 0 Å². The van der Waals surface area contributed by atoms with E-state index in [1.165, 1.54) is 32.1 Å². The molecule has 2 saturated carbocycles. The lowest BCUT2D eigenvalue weighted by Crippen LogP contribution is -2.49. The van der Waals surface area contributed by atoms with Crippen LogP contribution in [0.1, 0.15) is 89.0 Å². The minimum Gasteiger partial charge on any atom is -0.450 e. The topological polar surface area (TPSA) is 88.1 Å². The first kappa shape index (κ1) is 35.6. The molecule has 0 heterocycles. The molecule has 2 aliphatic rings. The van der Waals surface area contributed by atoms with E-state index in [1.807, 2.05) is 30.3 Å². The molecule has 1 aromatic carbocycles. The van der Waals surface area contributed by atoms with Gasteiger partial charge in [-0.05, 0) is 68.4 Å². The number of hydrogen-bond acceptors (Lipinski definition) is 5. The van der Waals surface area contributed by atoms with Crippen molar-refractivity contribution >= 4 is 20.1 Å². The number of benzene rings is 1. The monoisotopic (exact) mass is 616 g/mol. The average Bonchev–Trinajstić information content (AvgIpc) is 2.99. The number of ether oxygens (including phenoxy) is 2. The third-order valence-electron chi connectivity index (χ3n) is 9.72. The maximum absolute atomic E-state index is 13.9. The summed E-state index contributed by atoms with van der Waals surface area (Å²) in [6, 6.07) is 10.9. The number of carbonyl (C=O) groups excluding carboxylic acids is 2. The van der Waals surface area contributed by atoms with E-state index in [9.17, 15) is 14.7 Å². The van der Waals surface area contributed by atoms with Crippen LogP contribution in [-0.4, -0.2) is 70.0 Å². The minimum atomic E-state index is -1.29. The molecule has 7 nitrogen and oxygen atoms in total.